The summed E-state index contributed by atoms with van der Waals surface area (Å²) in [5.41, 5.74) is 2.04. The molecule has 1 amide bonds. The molecule has 2 aliphatic heterocycles. The maximum absolute atomic E-state index is 12.8. The number of nitrogens with zero attached hydrogens (tertiary/aromatic N) is 2. The Balaban J connectivity index is 1.76. The lowest BCUT2D eigenvalue weighted by Crippen LogP contribution is -2.42. The van der Waals surface area contributed by atoms with E-state index < -0.39 is 10.0 Å². The van der Waals surface area contributed by atoms with Crippen molar-refractivity contribution < 1.29 is 22.7 Å². The van der Waals surface area contributed by atoms with Gasteiger partial charge in [-0.2, -0.15) is 0 Å². The molecule has 1 atom stereocenters. The SMILES string of the molecule is CCOC(=O)[C@@H]1CCCN(C(=O)c2ccc3c(c2)CCN3S(C)(=O)=O)C1. The third-order valence-electron chi connectivity index (χ3n) is 4.91. The third kappa shape index (κ3) is 3.70. The number of carbonyl (C=O) groups is 2. The highest BCUT2D eigenvalue weighted by Crippen LogP contribution is 2.31. The molecule has 2 heterocycles. The van der Waals surface area contributed by atoms with Crippen LogP contribution in [0.1, 0.15) is 35.7 Å². The van der Waals surface area contributed by atoms with Crippen molar-refractivity contribution in [3.63, 3.8) is 0 Å². The summed E-state index contributed by atoms with van der Waals surface area (Å²) in [5.74, 6) is -0.648. The molecule has 7 nitrogen and oxygen atoms in total. The van der Waals surface area contributed by atoms with E-state index in [9.17, 15) is 18.0 Å². The number of piperidine rings is 1. The van der Waals surface area contributed by atoms with Crippen LogP contribution in [0.3, 0.4) is 0 Å². The van der Waals surface area contributed by atoms with Gasteiger partial charge in [0.1, 0.15) is 0 Å². The molecular formula is C18H24N2O5S. The van der Waals surface area contributed by atoms with Crippen molar-refractivity contribution in [3.05, 3.63) is 29.3 Å². The Labute approximate surface area is 154 Å². The zero-order valence-corrected chi connectivity index (χ0v) is 15.9. The maximum atomic E-state index is 12.8. The molecule has 8 heteroatoms. The van der Waals surface area contributed by atoms with E-state index in [-0.39, 0.29) is 17.8 Å². The lowest BCUT2D eigenvalue weighted by atomic mass is 9.97. The average Bonchev–Trinajstić information content (AvgIpc) is 3.05. The minimum absolute atomic E-state index is 0.125. The van der Waals surface area contributed by atoms with E-state index in [0.717, 1.165) is 18.4 Å². The standard InChI is InChI=1S/C18H24N2O5S/c1-3-25-18(22)15-5-4-9-19(12-15)17(21)14-6-7-16-13(11-14)8-10-20(16)26(2,23)24/h6-7,11,15H,3-5,8-10,12H2,1-2H3/t15-/m1/s1. The van der Waals surface area contributed by atoms with E-state index in [4.69, 9.17) is 4.74 Å². The van der Waals surface area contributed by atoms with Crippen molar-refractivity contribution in [1.82, 2.24) is 4.90 Å². The summed E-state index contributed by atoms with van der Waals surface area (Å²) in [5, 5.41) is 0. The highest BCUT2D eigenvalue weighted by molar-refractivity contribution is 7.92. The molecule has 0 N–H and O–H groups in total. The van der Waals surface area contributed by atoms with Gasteiger partial charge in [0.05, 0.1) is 24.5 Å². The second kappa shape index (κ2) is 7.26. The summed E-state index contributed by atoms with van der Waals surface area (Å²) in [6.45, 7) is 3.49. The maximum Gasteiger partial charge on any atom is 0.310 e. The van der Waals surface area contributed by atoms with Crippen LogP contribution in [0.2, 0.25) is 0 Å². The Hall–Kier alpha value is -2.09. The van der Waals surface area contributed by atoms with Crippen LogP contribution in [0.15, 0.2) is 18.2 Å². The van der Waals surface area contributed by atoms with Crippen LogP contribution in [0, 0.1) is 5.92 Å². The Morgan fingerprint density at radius 2 is 2.04 bits per heavy atom. The number of fused-ring (bicyclic) bond motifs is 1. The second-order valence-electron chi connectivity index (χ2n) is 6.77. The highest BCUT2D eigenvalue weighted by atomic mass is 32.2. The van der Waals surface area contributed by atoms with Crippen LogP contribution in [-0.2, 0) is 26.0 Å². The topological polar surface area (TPSA) is 84.0 Å². The quantitative estimate of drug-likeness (QED) is 0.738. The number of benzene rings is 1. The Bertz CT molecular complexity index is 821. The van der Waals surface area contributed by atoms with E-state index in [1.807, 2.05) is 0 Å². The van der Waals surface area contributed by atoms with Gasteiger partial charge in [0, 0.05) is 25.2 Å². The average molecular weight is 380 g/mol. The predicted octanol–water partition coefficient (Wildman–Crippen LogP) is 1.42. The first kappa shape index (κ1) is 18.7. The second-order valence-corrected chi connectivity index (χ2v) is 8.68. The van der Waals surface area contributed by atoms with Gasteiger partial charge in [0.25, 0.3) is 5.91 Å². The van der Waals surface area contributed by atoms with Gasteiger partial charge in [-0.25, -0.2) is 8.42 Å². The molecule has 1 aromatic carbocycles. The van der Waals surface area contributed by atoms with Crippen molar-refractivity contribution in [2.75, 3.05) is 36.8 Å². The molecule has 1 fully saturated rings. The normalized spacial score (nSPS) is 20.0. The minimum Gasteiger partial charge on any atom is -0.466 e. The van der Waals surface area contributed by atoms with E-state index in [1.54, 1.807) is 30.0 Å². The van der Waals surface area contributed by atoms with Crippen LogP contribution in [-0.4, -0.2) is 57.7 Å². The van der Waals surface area contributed by atoms with Gasteiger partial charge < -0.3 is 9.64 Å². The molecule has 0 spiro atoms. The van der Waals surface area contributed by atoms with Crippen molar-refractivity contribution in [2.45, 2.75) is 26.2 Å². The molecule has 26 heavy (non-hydrogen) atoms. The molecule has 2 aliphatic rings. The minimum atomic E-state index is -3.31. The number of hydrogen-bond acceptors (Lipinski definition) is 5. The first-order chi connectivity index (χ1) is 12.3. The van der Waals surface area contributed by atoms with E-state index in [0.29, 0.717) is 43.9 Å². The molecule has 0 bridgehead atoms. The lowest BCUT2D eigenvalue weighted by Gasteiger charge is -2.31. The van der Waals surface area contributed by atoms with Crippen molar-refractivity contribution >= 4 is 27.6 Å². The van der Waals surface area contributed by atoms with Crippen LogP contribution in [0.5, 0.6) is 0 Å². The summed E-state index contributed by atoms with van der Waals surface area (Å²) < 4.78 is 30.1. The van der Waals surface area contributed by atoms with Crippen molar-refractivity contribution in [2.24, 2.45) is 5.92 Å². The Morgan fingerprint density at radius 3 is 2.73 bits per heavy atom. The first-order valence-electron chi connectivity index (χ1n) is 8.87. The fourth-order valence-corrected chi connectivity index (χ4v) is 4.60. The molecule has 1 aromatic rings. The molecule has 3 rings (SSSR count). The third-order valence-corrected chi connectivity index (χ3v) is 6.09. The Morgan fingerprint density at radius 1 is 1.27 bits per heavy atom. The largest absolute Gasteiger partial charge is 0.466 e. The summed E-state index contributed by atoms with van der Waals surface area (Å²) in [4.78, 5) is 26.5. The molecule has 0 radical (unpaired) electrons. The van der Waals surface area contributed by atoms with E-state index in [2.05, 4.69) is 0 Å². The van der Waals surface area contributed by atoms with E-state index in [1.165, 1.54) is 10.6 Å². The monoisotopic (exact) mass is 380 g/mol. The molecule has 1 saturated heterocycles. The fourth-order valence-electron chi connectivity index (χ4n) is 3.65. The molecule has 142 valence electrons. The number of esters is 1. The van der Waals surface area contributed by atoms with Crippen LogP contribution in [0.4, 0.5) is 5.69 Å². The van der Waals surface area contributed by atoms with Gasteiger partial charge in [-0.3, -0.25) is 13.9 Å². The first-order valence-corrected chi connectivity index (χ1v) is 10.7. The zero-order chi connectivity index (χ0) is 18.9. The summed E-state index contributed by atoms with van der Waals surface area (Å²) in [6.07, 6.45) is 3.28. The number of ether oxygens (including phenoxy) is 1. The smallest absolute Gasteiger partial charge is 0.310 e. The molecule has 0 aromatic heterocycles. The van der Waals surface area contributed by atoms with Crippen LogP contribution in [0.25, 0.3) is 0 Å². The number of anilines is 1. The van der Waals surface area contributed by atoms with Crippen LogP contribution < -0.4 is 4.31 Å². The number of amides is 1. The number of likely N-dealkylation sites (tertiary alicyclic amines) is 1. The van der Waals surface area contributed by atoms with Gasteiger partial charge in [0.15, 0.2) is 0 Å². The van der Waals surface area contributed by atoms with Crippen LogP contribution >= 0.6 is 0 Å². The van der Waals surface area contributed by atoms with Crippen molar-refractivity contribution in [3.8, 4) is 0 Å². The number of sulfonamides is 1. The molecule has 0 aliphatic carbocycles. The van der Waals surface area contributed by atoms with Gasteiger partial charge in [-0.15, -0.1) is 0 Å². The van der Waals surface area contributed by atoms with Gasteiger partial charge in [-0.05, 0) is 49.9 Å². The molecular weight excluding hydrogens is 356 g/mol. The molecule has 0 unspecified atom stereocenters. The van der Waals surface area contributed by atoms with Gasteiger partial charge >= 0.3 is 5.97 Å². The number of carbonyl (C=O) groups excluding carboxylic acids is 2. The van der Waals surface area contributed by atoms with Gasteiger partial charge in [-0.1, -0.05) is 0 Å². The number of rotatable bonds is 4. The summed E-state index contributed by atoms with van der Waals surface area (Å²) >= 11 is 0. The van der Waals surface area contributed by atoms with E-state index >= 15 is 0 Å². The zero-order valence-electron chi connectivity index (χ0n) is 15.1. The Kier molecular flexibility index (Phi) is 5.22. The number of hydrogen-bond donors (Lipinski definition) is 0. The summed E-state index contributed by atoms with van der Waals surface area (Å²) in [7, 11) is -3.31. The van der Waals surface area contributed by atoms with Gasteiger partial charge in [0.2, 0.25) is 10.0 Å². The fraction of sp³-hybridized carbons (Fsp3) is 0.556. The predicted molar refractivity (Wildman–Crippen MR) is 97.6 cm³/mol. The molecule has 0 saturated carbocycles. The summed E-state index contributed by atoms with van der Waals surface area (Å²) in [6, 6.07) is 5.14. The lowest BCUT2D eigenvalue weighted by molar-refractivity contribution is -0.149. The highest BCUT2D eigenvalue weighted by Gasteiger charge is 2.31. The van der Waals surface area contributed by atoms with Crippen molar-refractivity contribution in [1.29, 1.82) is 0 Å².